The SMILES string of the molecule is CC1CCCN(C2CCOC3(CCSCC3)C2)C1CN. The van der Waals surface area contributed by atoms with Gasteiger partial charge in [0.25, 0.3) is 0 Å². The number of thioether (sulfide) groups is 1. The lowest BCUT2D eigenvalue weighted by Crippen LogP contribution is -2.57. The maximum absolute atomic E-state index is 6.25. The van der Waals surface area contributed by atoms with E-state index in [-0.39, 0.29) is 5.60 Å². The lowest BCUT2D eigenvalue weighted by molar-refractivity contribution is -0.120. The Morgan fingerprint density at radius 3 is 2.85 bits per heavy atom. The van der Waals surface area contributed by atoms with E-state index >= 15 is 0 Å². The summed E-state index contributed by atoms with van der Waals surface area (Å²) in [6, 6.07) is 1.31. The average Bonchev–Trinajstić information content (AvgIpc) is 2.48. The first kappa shape index (κ1) is 15.1. The molecule has 2 N–H and O–H groups in total. The van der Waals surface area contributed by atoms with Gasteiger partial charge >= 0.3 is 0 Å². The second-order valence-corrected chi connectivity index (χ2v) is 8.18. The van der Waals surface area contributed by atoms with Gasteiger partial charge in [0, 0.05) is 25.2 Å². The van der Waals surface area contributed by atoms with Gasteiger partial charge in [0.05, 0.1) is 5.60 Å². The van der Waals surface area contributed by atoms with Crippen LogP contribution in [0.5, 0.6) is 0 Å². The highest BCUT2D eigenvalue weighted by atomic mass is 32.2. The highest BCUT2D eigenvalue weighted by Crippen LogP contribution is 2.40. The van der Waals surface area contributed by atoms with Crippen LogP contribution in [0.1, 0.15) is 45.4 Å². The molecule has 3 aliphatic rings. The molecule has 1 spiro atoms. The highest BCUT2D eigenvalue weighted by Gasteiger charge is 2.42. The van der Waals surface area contributed by atoms with Gasteiger partial charge in [0.1, 0.15) is 0 Å². The fourth-order valence-corrected chi connectivity index (χ4v) is 5.72. The van der Waals surface area contributed by atoms with Crippen molar-refractivity contribution in [3.05, 3.63) is 0 Å². The largest absolute Gasteiger partial charge is 0.375 e. The maximum atomic E-state index is 6.25. The van der Waals surface area contributed by atoms with Gasteiger partial charge in [-0.25, -0.2) is 0 Å². The molecule has 0 aliphatic carbocycles. The minimum atomic E-state index is 0.202. The molecule has 0 aromatic heterocycles. The van der Waals surface area contributed by atoms with Crippen molar-refractivity contribution in [2.75, 3.05) is 31.2 Å². The molecule has 0 saturated carbocycles. The van der Waals surface area contributed by atoms with E-state index in [1.54, 1.807) is 0 Å². The van der Waals surface area contributed by atoms with Crippen molar-refractivity contribution < 1.29 is 4.74 Å². The summed E-state index contributed by atoms with van der Waals surface area (Å²) in [6.07, 6.45) is 7.66. The number of piperidine rings is 1. The van der Waals surface area contributed by atoms with E-state index in [2.05, 4.69) is 23.6 Å². The predicted octanol–water partition coefficient (Wildman–Crippen LogP) is 2.49. The Morgan fingerprint density at radius 2 is 2.10 bits per heavy atom. The van der Waals surface area contributed by atoms with Crippen LogP contribution in [0.25, 0.3) is 0 Å². The lowest BCUT2D eigenvalue weighted by Gasteiger charge is -2.50. The molecule has 0 bridgehead atoms. The zero-order valence-electron chi connectivity index (χ0n) is 12.9. The minimum absolute atomic E-state index is 0.202. The molecule has 0 aromatic carbocycles. The van der Waals surface area contributed by atoms with Gasteiger partial charge in [-0.2, -0.15) is 11.8 Å². The summed E-state index contributed by atoms with van der Waals surface area (Å²) < 4.78 is 6.25. The highest BCUT2D eigenvalue weighted by molar-refractivity contribution is 7.99. The third-order valence-corrected chi connectivity index (χ3v) is 6.73. The van der Waals surface area contributed by atoms with Crippen LogP contribution in [0.3, 0.4) is 0 Å². The normalized spacial score (nSPS) is 39.0. The molecule has 3 nitrogen and oxygen atoms in total. The van der Waals surface area contributed by atoms with Crippen molar-refractivity contribution in [1.29, 1.82) is 0 Å². The first-order chi connectivity index (χ1) is 9.74. The first-order valence-corrected chi connectivity index (χ1v) is 9.57. The Hall–Kier alpha value is 0.230. The van der Waals surface area contributed by atoms with Crippen LogP contribution >= 0.6 is 11.8 Å². The molecule has 3 saturated heterocycles. The molecular weight excluding hydrogens is 268 g/mol. The summed E-state index contributed by atoms with van der Waals surface area (Å²) in [5.41, 5.74) is 6.29. The Bertz CT molecular complexity index is 314. The summed E-state index contributed by atoms with van der Waals surface area (Å²) >= 11 is 2.09. The number of ether oxygens (including phenoxy) is 1. The third-order valence-electron chi connectivity index (χ3n) is 5.74. The summed E-state index contributed by atoms with van der Waals surface area (Å²) in [5, 5.41) is 0. The van der Waals surface area contributed by atoms with E-state index in [9.17, 15) is 0 Å². The van der Waals surface area contributed by atoms with Crippen molar-refractivity contribution in [3.8, 4) is 0 Å². The molecule has 20 heavy (non-hydrogen) atoms. The topological polar surface area (TPSA) is 38.5 Å². The summed E-state index contributed by atoms with van der Waals surface area (Å²) in [4.78, 5) is 2.75. The van der Waals surface area contributed by atoms with Crippen molar-refractivity contribution in [2.24, 2.45) is 11.7 Å². The monoisotopic (exact) mass is 298 g/mol. The summed E-state index contributed by atoms with van der Waals surface area (Å²) in [7, 11) is 0. The van der Waals surface area contributed by atoms with E-state index in [1.807, 2.05) is 0 Å². The zero-order chi connectivity index (χ0) is 14.0. The number of rotatable bonds is 2. The minimum Gasteiger partial charge on any atom is -0.375 e. The number of nitrogens with two attached hydrogens (primary N) is 1. The predicted molar refractivity (Wildman–Crippen MR) is 86.2 cm³/mol. The summed E-state index contributed by atoms with van der Waals surface area (Å²) in [6.45, 7) is 5.41. The number of hydrogen-bond acceptors (Lipinski definition) is 4. The number of nitrogens with zero attached hydrogens (tertiary/aromatic N) is 1. The molecule has 3 aliphatic heterocycles. The standard InChI is InChI=1S/C16H30N2OS/c1-13-3-2-7-18(15(13)12-17)14-4-8-19-16(11-14)5-9-20-10-6-16/h13-15H,2-12,17H2,1H3. The first-order valence-electron chi connectivity index (χ1n) is 8.42. The number of likely N-dealkylation sites (tertiary alicyclic amines) is 1. The molecule has 116 valence electrons. The van der Waals surface area contributed by atoms with Crippen LogP contribution in [0.15, 0.2) is 0 Å². The van der Waals surface area contributed by atoms with Crippen LogP contribution in [-0.2, 0) is 4.74 Å². The molecule has 3 unspecified atom stereocenters. The molecule has 3 rings (SSSR count). The Morgan fingerprint density at radius 1 is 1.30 bits per heavy atom. The number of hydrogen-bond donors (Lipinski definition) is 1. The van der Waals surface area contributed by atoms with Crippen LogP contribution in [-0.4, -0.2) is 53.8 Å². The average molecular weight is 298 g/mol. The van der Waals surface area contributed by atoms with Gasteiger partial charge in [-0.15, -0.1) is 0 Å². The van der Waals surface area contributed by atoms with Gasteiger partial charge in [-0.3, -0.25) is 4.90 Å². The molecule has 3 heterocycles. The second kappa shape index (κ2) is 6.55. The van der Waals surface area contributed by atoms with Crippen molar-refractivity contribution in [1.82, 2.24) is 4.90 Å². The van der Waals surface area contributed by atoms with Gasteiger partial charge in [-0.1, -0.05) is 6.92 Å². The molecular formula is C16H30N2OS. The van der Waals surface area contributed by atoms with Crippen LogP contribution in [0.2, 0.25) is 0 Å². The van der Waals surface area contributed by atoms with Crippen molar-refractivity contribution >= 4 is 11.8 Å². The van der Waals surface area contributed by atoms with E-state index in [1.165, 1.54) is 56.6 Å². The molecule has 4 heteroatoms. The van der Waals surface area contributed by atoms with E-state index in [0.29, 0.717) is 12.1 Å². The van der Waals surface area contributed by atoms with E-state index < -0.39 is 0 Å². The lowest BCUT2D eigenvalue weighted by atomic mass is 9.82. The molecule has 0 aromatic rings. The van der Waals surface area contributed by atoms with Gasteiger partial charge in [0.15, 0.2) is 0 Å². The van der Waals surface area contributed by atoms with E-state index in [4.69, 9.17) is 10.5 Å². The van der Waals surface area contributed by atoms with E-state index in [0.717, 1.165) is 19.1 Å². The Kier molecular flexibility index (Phi) is 4.96. The van der Waals surface area contributed by atoms with Crippen LogP contribution in [0, 0.1) is 5.92 Å². The Labute approximate surface area is 128 Å². The quantitative estimate of drug-likeness (QED) is 0.850. The van der Waals surface area contributed by atoms with Gasteiger partial charge in [-0.05, 0) is 62.5 Å². The zero-order valence-corrected chi connectivity index (χ0v) is 13.7. The van der Waals surface area contributed by atoms with Gasteiger partial charge < -0.3 is 10.5 Å². The molecule has 0 radical (unpaired) electrons. The molecule has 0 amide bonds. The molecule has 3 fully saturated rings. The Balaban J connectivity index is 1.69. The fraction of sp³-hybridized carbons (Fsp3) is 1.00. The van der Waals surface area contributed by atoms with Crippen LogP contribution < -0.4 is 5.73 Å². The second-order valence-electron chi connectivity index (χ2n) is 6.95. The summed E-state index contributed by atoms with van der Waals surface area (Å²) in [5.74, 6) is 3.32. The third kappa shape index (κ3) is 3.03. The maximum Gasteiger partial charge on any atom is 0.0713 e. The fourth-order valence-electron chi connectivity index (χ4n) is 4.48. The van der Waals surface area contributed by atoms with Crippen molar-refractivity contribution in [2.45, 2.75) is 63.1 Å². The van der Waals surface area contributed by atoms with Crippen molar-refractivity contribution in [3.63, 3.8) is 0 Å². The van der Waals surface area contributed by atoms with Gasteiger partial charge in [0.2, 0.25) is 0 Å². The smallest absolute Gasteiger partial charge is 0.0713 e. The molecule has 3 atom stereocenters. The van der Waals surface area contributed by atoms with Crippen LogP contribution in [0.4, 0.5) is 0 Å².